The lowest BCUT2D eigenvalue weighted by atomic mass is 9.64. The summed E-state index contributed by atoms with van der Waals surface area (Å²) < 4.78 is 29.0. The number of nitrogens with zero attached hydrogens (tertiary/aromatic N) is 4. The van der Waals surface area contributed by atoms with Gasteiger partial charge in [0.1, 0.15) is 29.9 Å². The van der Waals surface area contributed by atoms with Crippen molar-refractivity contribution in [3.05, 3.63) is 190 Å². The quantitative estimate of drug-likeness (QED) is 0.0722. The summed E-state index contributed by atoms with van der Waals surface area (Å²) in [6.07, 6.45) is -1.46. The molecule has 4 aliphatic heterocycles. The Labute approximate surface area is 424 Å². The number of imide groups is 1. The van der Waals surface area contributed by atoms with Crippen LogP contribution in [-0.2, 0) is 53.5 Å². The van der Waals surface area contributed by atoms with Crippen molar-refractivity contribution in [2.24, 2.45) is 5.92 Å². The number of phenols is 1. The number of aromatic hydroxyl groups is 1. The summed E-state index contributed by atoms with van der Waals surface area (Å²) >= 11 is 0. The van der Waals surface area contributed by atoms with Gasteiger partial charge in [0, 0.05) is 32.3 Å². The molecule has 4 aliphatic rings. The predicted octanol–water partition coefficient (Wildman–Crippen LogP) is 7.93. The van der Waals surface area contributed by atoms with E-state index in [2.05, 4.69) is 28.9 Å². The van der Waals surface area contributed by atoms with Crippen LogP contribution in [0.25, 0.3) is 0 Å². The van der Waals surface area contributed by atoms with Crippen molar-refractivity contribution in [1.82, 2.24) is 14.7 Å². The maximum atomic E-state index is 16.6. The number of rotatable bonds is 12. The number of carbonyl (C=O) groups excluding carboxylic acids is 4. The topological polar surface area (TPSA) is 148 Å². The van der Waals surface area contributed by atoms with Crippen molar-refractivity contribution in [3.8, 4) is 29.1 Å². The molecule has 73 heavy (non-hydrogen) atoms. The van der Waals surface area contributed by atoms with Gasteiger partial charge in [0.05, 0.1) is 51.1 Å². The first-order valence-electron chi connectivity index (χ1n) is 24.3. The highest BCUT2D eigenvalue weighted by Crippen LogP contribution is 2.66. The molecule has 0 radical (unpaired) electrons. The standard InChI is InChI=1S/C59H56N4O10/c1-60(36-39-15-8-5-9-16-39)29-14-17-38-22-27-47-46(33-38)59(57(67)62(47)58(68)72-32-31-69-2)50(55(65)61-30-28-43-34-48(70-3)49(71-4)35-44(43)37-61)52-56(66)73-53(41-20-12-7-13-21-41)51(40-18-10-6-11-19-40)63(52)54(59)42-23-25-45(64)26-24-42/h5-13,15-16,18-27,33-35,50-54,64H,28-32,36-37H2,1-4H3/t50-,51-,52-,53+,54+,59-/m1/s1. The Kier molecular flexibility index (Phi) is 13.8. The third-order valence-electron chi connectivity index (χ3n) is 14.5. The molecule has 1 spiro atoms. The predicted molar refractivity (Wildman–Crippen MR) is 272 cm³/mol. The summed E-state index contributed by atoms with van der Waals surface area (Å²) in [5.41, 5.74) is 3.86. The molecule has 0 unspecified atom stereocenters. The Hall–Kier alpha value is -7.96. The molecule has 1 N–H and O–H groups in total. The second-order valence-corrected chi connectivity index (χ2v) is 18.8. The number of benzene rings is 6. The molecular weight excluding hydrogens is 925 g/mol. The number of hydrogen-bond donors (Lipinski definition) is 1. The number of cyclic esters (lactones) is 1. The van der Waals surface area contributed by atoms with Gasteiger partial charge in [-0.2, -0.15) is 0 Å². The summed E-state index contributed by atoms with van der Waals surface area (Å²) in [6.45, 7) is 1.32. The summed E-state index contributed by atoms with van der Waals surface area (Å²) in [5, 5.41) is 10.8. The second-order valence-electron chi connectivity index (χ2n) is 18.8. The summed E-state index contributed by atoms with van der Waals surface area (Å²) in [7, 11) is 6.58. The molecule has 0 aliphatic carbocycles. The van der Waals surface area contributed by atoms with Gasteiger partial charge in [-0.1, -0.05) is 115 Å². The maximum absolute atomic E-state index is 16.6. The van der Waals surface area contributed by atoms with Gasteiger partial charge in [-0.25, -0.2) is 9.69 Å². The molecule has 6 aromatic carbocycles. The minimum absolute atomic E-state index is 0.0323. The lowest BCUT2D eigenvalue weighted by Crippen LogP contribution is -2.57. The third kappa shape index (κ3) is 8.83. The Morgan fingerprint density at radius 1 is 0.767 bits per heavy atom. The number of fused-ring (bicyclic) bond motifs is 4. The van der Waals surface area contributed by atoms with Crippen molar-refractivity contribution in [2.75, 3.05) is 59.6 Å². The van der Waals surface area contributed by atoms with Crippen LogP contribution in [0.15, 0.2) is 146 Å². The molecule has 2 saturated heterocycles. The fraction of sp³-hybridized carbons (Fsp3) is 0.288. The van der Waals surface area contributed by atoms with E-state index in [1.54, 1.807) is 49.5 Å². The van der Waals surface area contributed by atoms with Gasteiger partial charge in [0.25, 0.3) is 0 Å². The lowest BCUT2D eigenvalue weighted by Gasteiger charge is -2.46. The molecule has 6 aromatic rings. The summed E-state index contributed by atoms with van der Waals surface area (Å²) in [6, 6.07) is 41.2. The van der Waals surface area contributed by atoms with Crippen molar-refractivity contribution in [2.45, 2.75) is 49.2 Å². The van der Waals surface area contributed by atoms with Crippen LogP contribution in [0.5, 0.6) is 17.2 Å². The number of methoxy groups -OCH3 is 3. The number of esters is 1. The number of carbonyl (C=O) groups is 4. The van der Waals surface area contributed by atoms with Gasteiger partial charge in [-0.3, -0.25) is 24.2 Å². The molecule has 3 amide bonds. The first-order valence-corrected chi connectivity index (χ1v) is 24.3. The van der Waals surface area contributed by atoms with Crippen LogP contribution >= 0.6 is 0 Å². The largest absolute Gasteiger partial charge is 0.508 e. The number of ether oxygens (including phenoxy) is 5. The van der Waals surface area contributed by atoms with Crippen LogP contribution in [0.1, 0.15) is 62.7 Å². The zero-order chi connectivity index (χ0) is 50.8. The van der Waals surface area contributed by atoms with E-state index >= 15 is 14.4 Å². The maximum Gasteiger partial charge on any atom is 0.421 e. The number of morpholine rings is 1. The summed E-state index contributed by atoms with van der Waals surface area (Å²) in [4.78, 5) is 70.1. The van der Waals surface area contributed by atoms with E-state index in [-0.39, 0.29) is 37.7 Å². The highest BCUT2D eigenvalue weighted by atomic mass is 16.6. The van der Waals surface area contributed by atoms with Crippen LogP contribution in [0.3, 0.4) is 0 Å². The van der Waals surface area contributed by atoms with Gasteiger partial charge in [0.15, 0.2) is 11.5 Å². The first kappa shape index (κ1) is 48.7. The van der Waals surface area contributed by atoms with E-state index in [9.17, 15) is 9.90 Å². The average molecular weight is 981 g/mol. The highest BCUT2D eigenvalue weighted by molar-refractivity contribution is 6.23. The Balaban J connectivity index is 1.22. The number of amides is 3. The Morgan fingerprint density at radius 3 is 2.10 bits per heavy atom. The smallest absolute Gasteiger partial charge is 0.421 e. The van der Waals surface area contributed by atoms with E-state index in [4.69, 9.17) is 23.7 Å². The molecule has 14 heteroatoms. The molecule has 2 fully saturated rings. The average Bonchev–Trinajstić information content (AvgIpc) is 3.88. The van der Waals surface area contributed by atoms with Crippen molar-refractivity contribution < 1.29 is 48.0 Å². The van der Waals surface area contributed by atoms with Gasteiger partial charge in [0.2, 0.25) is 11.8 Å². The van der Waals surface area contributed by atoms with Crippen LogP contribution in [0.2, 0.25) is 0 Å². The van der Waals surface area contributed by atoms with E-state index < -0.39 is 59.4 Å². The van der Waals surface area contributed by atoms with Crippen molar-refractivity contribution in [3.63, 3.8) is 0 Å². The Morgan fingerprint density at radius 2 is 1.42 bits per heavy atom. The van der Waals surface area contributed by atoms with Crippen LogP contribution in [-0.4, -0.2) is 104 Å². The molecule has 6 atom stereocenters. The first-order chi connectivity index (χ1) is 35.6. The normalized spacial score (nSPS) is 22.0. The van der Waals surface area contributed by atoms with Crippen LogP contribution < -0.4 is 14.4 Å². The van der Waals surface area contributed by atoms with Gasteiger partial charge in [-0.15, -0.1) is 0 Å². The molecule has 0 bridgehead atoms. The zero-order valence-electron chi connectivity index (χ0n) is 41.1. The van der Waals surface area contributed by atoms with Crippen molar-refractivity contribution in [1.29, 1.82) is 0 Å². The minimum Gasteiger partial charge on any atom is -0.508 e. The molecule has 4 heterocycles. The molecule has 10 rings (SSSR count). The number of phenolic OH excluding ortho intramolecular Hbond substituents is 1. The fourth-order valence-corrected chi connectivity index (χ4v) is 11.4. The van der Waals surface area contributed by atoms with E-state index in [0.717, 1.165) is 27.2 Å². The lowest BCUT2D eigenvalue weighted by molar-refractivity contribution is -0.179. The monoisotopic (exact) mass is 980 g/mol. The van der Waals surface area contributed by atoms with E-state index in [1.807, 2.05) is 103 Å². The van der Waals surface area contributed by atoms with Crippen LogP contribution in [0, 0.1) is 17.8 Å². The second kappa shape index (κ2) is 20.6. The molecule has 14 nitrogen and oxygen atoms in total. The fourth-order valence-electron chi connectivity index (χ4n) is 11.4. The van der Waals surface area contributed by atoms with Gasteiger partial charge < -0.3 is 33.7 Å². The van der Waals surface area contributed by atoms with Crippen LogP contribution in [0.4, 0.5) is 10.5 Å². The SMILES string of the molecule is COCCOC(=O)N1C(=O)[C@@]2(c3cc(C#CCN(C)Cc4ccccc4)ccc31)[C@H](c1ccc(O)cc1)N1[C@H](c3ccccc3)[C@H](c3ccccc3)OC(=O)[C@H]1[C@@H]2C(=O)N1CCc2cc(OC)c(OC)cc2C1. The highest BCUT2D eigenvalue weighted by Gasteiger charge is 2.76. The third-order valence-corrected chi connectivity index (χ3v) is 14.5. The molecule has 372 valence electrons. The number of anilines is 1. The molecule has 0 aromatic heterocycles. The Bertz CT molecular complexity index is 3090. The van der Waals surface area contributed by atoms with Gasteiger partial charge in [-0.05, 0) is 94.9 Å². The zero-order valence-corrected chi connectivity index (χ0v) is 41.1. The van der Waals surface area contributed by atoms with E-state index in [1.165, 1.54) is 19.2 Å². The van der Waals surface area contributed by atoms with Crippen molar-refractivity contribution >= 4 is 29.6 Å². The van der Waals surface area contributed by atoms with E-state index in [0.29, 0.717) is 53.3 Å². The molecular formula is C59H56N4O10. The number of hydrogen-bond acceptors (Lipinski definition) is 12. The minimum atomic E-state index is -2.04. The van der Waals surface area contributed by atoms with Gasteiger partial charge >= 0.3 is 12.1 Å². The molecule has 0 saturated carbocycles. The summed E-state index contributed by atoms with van der Waals surface area (Å²) in [5.74, 6) is 4.17.